The zero-order valence-electron chi connectivity index (χ0n) is 10.8. The maximum atomic E-state index is 12.1. The second-order valence-corrected chi connectivity index (χ2v) is 7.83. The van der Waals surface area contributed by atoms with Gasteiger partial charge in [0.15, 0.2) is 9.84 Å². The summed E-state index contributed by atoms with van der Waals surface area (Å²) in [5.41, 5.74) is -1.35. The van der Waals surface area contributed by atoms with Crippen LogP contribution in [0.4, 0.5) is 4.79 Å². The lowest BCUT2D eigenvalue weighted by atomic mass is 9.88. The molecule has 7 nitrogen and oxygen atoms in total. The van der Waals surface area contributed by atoms with E-state index in [1.807, 2.05) is 0 Å². The Labute approximate surface area is 111 Å². The van der Waals surface area contributed by atoms with Crippen molar-refractivity contribution in [3.8, 4) is 0 Å². The van der Waals surface area contributed by atoms with Crippen molar-refractivity contribution in [2.45, 2.75) is 31.9 Å². The van der Waals surface area contributed by atoms with Crippen LogP contribution in [0.1, 0.15) is 26.7 Å². The lowest BCUT2D eigenvalue weighted by Gasteiger charge is -2.35. The number of amides is 4. The lowest BCUT2D eigenvalue weighted by Crippen LogP contribution is -2.63. The molecule has 106 valence electrons. The number of nitrogens with zero attached hydrogens (tertiary/aromatic N) is 1. The number of carbonyl (C=O) groups excluding carboxylic acids is 3. The zero-order valence-corrected chi connectivity index (χ0v) is 11.6. The van der Waals surface area contributed by atoms with Crippen LogP contribution in [0, 0.1) is 5.41 Å². The Morgan fingerprint density at radius 2 is 1.95 bits per heavy atom. The fraction of sp³-hybridized carbons (Fsp3) is 0.727. The van der Waals surface area contributed by atoms with Gasteiger partial charge in [-0.15, -0.1) is 0 Å². The molecule has 19 heavy (non-hydrogen) atoms. The second-order valence-electron chi connectivity index (χ2n) is 5.43. The van der Waals surface area contributed by atoms with Gasteiger partial charge >= 0.3 is 6.03 Å². The summed E-state index contributed by atoms with van der Waals surface area (Å²) in [6, 6.07) is -0.837. The molecule has 2 aliphatic heterocycles. The molecule has 2 aliphatic rings. The number of rotatable bonds is 2. The average Bonchev–Trinajstić information content (AvgIpc) is 2.62. The van der Waals surface area contributed by atoms with Crippen LogP contribution in [0.15, 0.2) is 0 Å². The minimum absolute atomic E-state index is 0.0869. The molecule has 0 spiro atoms. The van der Waals surface area contributed by atoms with Crippen molar-refractivity contribution < 1.29 is 22.8 Å². The Hall–Kier alpha value is -1.44. The van der Waals surface area contributed by atoms with Crippen LogP contribution in [0.3, 0.4) is 0 Å². The van der Waals surface area contributed by atoms with Crippen LogP contribution in [-0.4, -0.2) is 48.7 Å². The van der Waals surface area contributed by atoms with Gasteiger partial charge in [0.2, 0.25) is 11.8 Å². The largest absolute Gasteiger partial charge is 0.330 e. The average molecular weight is 288 g/mol. The number of imide groups is 2. The highest BCUT2D eigenvalue weighted by molar-refractivity contribution is 7.92. The van der Waals surface area contributed by atoms with Crippen molar-refractivity contribution in [2.75, 3.05) is 12.3 Å². The van der Waals surface area contributed by atoms with E-state index in [-0.39, 0.29) is 12.3 Å². The van der Waals surface area contributed by atoms with Crippen LogP contribution < -0.4 is 5.32 Å². The molecular formula is C11H16N2O5S. The molecule has 4 amide bonds. The molecule has 0 aromatic rings. The first kappa shape index (κ1) is 14.0. The maximum absolute atomic E-state index is 12.1. The minimum Gasteiger partial charge on any atom is -0.277 e. The lowest BCUT2D eigenvalue weighted by molar-refractivity contribution is -0.149. The first-order valence-electron chi connectivity index (χ1n) is 6.05. The Bertz CT molecular complexity index is 551. The van der Waals surface area contributed by atoms with Gasteiger partial charge in [0.05, 0.1) is 11.0 Å². The molecule has 8 heteroatoms. The van der Waals surface area contributed by atoms with E-state index in [9.17, 15) is 22.8 Å². The van der Waals surface area contributed by atoms with Crippen molar-refractivity contribution in [2.24, 2.45) is 5.41 Å². The van der Waals surface area contributed by atoms with Gasteiger partial charge in [-0.05, 0) is 26.7 Å². The molecule has 2 saturated heterocycles. The van der Waals surface area contributed by atoms with Gasteiger partial charge in [-0.2, -0.15) is 0 Å². The second kappa shape index (κ2) is 4.29. The van der Waals surface area contributed by atoms with Gasteiger partial charge in [0, 0.05) is 6.54 Å². The molecule has 0 aliphatic carbocycles. The molecule has 2 heterocycles. The fourth-order valence-corrected chi connectivity index (χ4v) is 4.08. The summed E-state index contributed by atoms with van der Waals surface area (Å²) >= 11 is 0. The SMILES string of the molecule is CC1(C)C(=O)NC(=O)N(CC2CCCS2(=O)=O)C1=O. The normalized spacial score (nSPS) is 29.5. The Morgan fingerprint density at radius 3 is 2.47 bits per heavy atom. The number of hydrogen-bond donors (Lipinski definition) is 1. The van der Waals surface area contributed by atoms with Crippen molar-refractivity contribution in [3.63, 3.8) is 0 Å². The smallest absolute Gasteiger partial charge is 0.277 e. The van der Waals surface area contributed by atoms with Crippen LogP contribution in [0.5, 0.6) is 0 Å². The van der Waals surface area contributed by atoms with E-state index in [2.05, 4.69) is 5.32 Å². The predicted octanol–water partition coefficient (Wildman–Crippen LogP) is -0.332. The van der Waals surface area contributed by atoms with Gasteiger partial charge in [0.1, 0.15) is 5.41 Å². The number of nitrogens with one attached hydrogen (secondary N) is 1. The van der Waals surface area contributed by atoms with Crippen molar-refractivity contribution in [1.82, 2.24) is 10.2 Å². The molecule has 1 atom stereocenters. The summed E-state index contributed by atoms with van der Waals surface area (Å²) in [7, 11) is -3.24. The minimum atomic E-state index is -3.24. The molecule has 2 fully saturated rings. The van der Waals surface area contributed by atoms with Crippen LogP contribution in [-0.2, 0) is 19.4 Å². The first-order valence-corrected chi connectivity index (χ1v) is 7.77. The third kappa shape index (κ3) is 2.24. The van der Waals surface area contributed by atoms with E-state index in [1.165, 1.54) is 13.8 Å². The zero-order chi connectivity index (χ0) is 14.4. The van der Waals surface area contributed by atoms with Gasteiger partial charge < -0.3 is 0 Å². The highest BCUT2D eigenvalue weighted by Gasteiger charge is 2.48. The van der Waals surface area contributed by atoms with Crippen molar-refractivity contribution in [3.05, 3.63) is 0 Å². The molecule has 1 N–H and O–H groups in total. The number of carbonyl (C=O) groups is 3. The molecule has 0 radical (unpaired) electrons. The maximum Gasteiger partial charge on any atom is 0.330 e. The monoisotopic (exact) mass is 288 g/mol. The van der Waals surface area contributed by atoms with E-state index in [0.29, 0.717) is 12.8 Å². The molecule has 0 aromatic heterocycles. The van der Waals surface area contributed by atoms with Gasteiger partial charge in [-0.1, -0.05) is 0 Å². The Kier molecular flexibility index (Phi) is 3.16. The summed E-state index contributed by atoms with van der Waals surface area (Å²) < 4.78 is 23.5. The summed E-state index contributed by atoms with van der Waals surface area (Å²) in [5, 5.41) is 1.37. The van der Waals surface area contributed by atoms with Gasteiger partial charge in [-0.3, -0.25) is 19.8 Å². The molecule has 2 rings (SSSR count). The summed E-state index contributed by atoms with van der Waals surface area (Å²) in [6.07, 6.45) is 0.979. The topological polar surface area (TPSA) is 101 Å². The van der Waals surface area contributed by atoms with Gasteiger partial charge in [0.25, 0.3) is 0 Å². The standard InChI is InChI=1S/C11H16N2O5S/c1-11(2)8(14)12-10(16)13(9(11)15)6-7-4-3-5-19(7,17)18/h7H,3-6H2,1-2H3,(H,12,14,16). The van der Waals surface area contributed by atoms with Gasteiger partial charge in [-0.25, -0.2) is 13.2 Å². The molecule has 0 aromatic carbocycles. The molecule has 1 unspecified atom stereocenters. The van der Waals surface area contributed by atoms with Crippen molar-refractivity contribution >= 4 is 27.7 Å². The first-order chi connectivity index (χ1) is 8.66. The van der Waals surface area contributed by atoms with Crippen molar-refractivity contribution in [1.29, 1.82) is 0 Å². The quantitative estimate of drug-likeness (QED) is 0.701. The number of urea groups is 1. The Balaban J connectivity index is 2.22. The van der Waals surface area contributed by atoms with E-state index < -0.39 is 38.3 Å². The van der Waals surface area contributed by atoms with E-state index in [4.69, 9.17) is 0 Å². The third-order valence-corrected chi connectivity index (χ3v) is 5.92. The Morgan fingerprint density at radius 1 is 1.32 bits per heavy atom. The number of sulfone groups is 1. The van der Waals surface area contributed by atoms with Crippen LogP contribution >= 0.6 is 0 Å². The number of barbiturate groups is 1. The van der Waals surface area contributed by atoms with E-state index in [1.54, 1.807) is 0 Å². The molecular weight excluding hydrogens is 272 g/mol. The summed E-state index contributed by atoms with van der Waals surface area (Å²) in [6.45, 7) is 2.64. The molecule has 0 bridgehead atoms. The third-order valence-electron chi connectivity index (χ3n) is 3.66. The molecule has 0 saturated carbocycles. The highest BCUT2D eigenvalue weighted by atomic mass is 32.2. The fourth-order valence-electron chi connectivity index (χ4n) is 2.28. The van der Waals surface area contributed by atoms with E-state index in [0.717, 1.165) is 4.90 Å². The number of hydrogen-bond acceptors (Lipinski definition) is 5. The predicted molar refractivity (Wildman–Crippen MR) is 65.8 cm³/mol. The van der Waals surface area contributed by atoms with Crippen LogP contribution in [0.2, 0.25) is 0 Å². The van der Waals surface area contributed by atoms with Crippen LogP contribution in [0.25, 0.3) is 0 Å². The van der Waals surface area contributed by atoms with E-state index >= 15 is 0 Å². The summed E-state index contributed by atoms with van der Waals surface area (Å²) in [5.74, 6) is -1.22. The highest BCUT2D eigenvalue weighted by Crippen LogP contribution is 2.27. The summed E-state index contributed by atoms with van der Waals surface area (Å²) in [4.78, 5) is 36.2.